The monoisotopic (exact) mass is 814 g/mol. The molecule has 1 N–H and O–H groups in total. The molecule has 0 spiro atoms. The van der Waals surface area contributed by atoms with E-state index in [-0.39, 0.29) is 57.4 Å². The Labute approximate surface area is 352 Å². The number of ether oxygens (including phenoxy) is 2. The standard InChI is InChI=1S/C49H71N3O7/c1-30(2)41-34(53)28-49(37-27-39(54)52(51(37)26-25-50(10)11)31-13-15-32(58-12)16-14-31)24-23-47(8)33(42(41)49)17-18-36-46(7)21-20-38(59-40(55)29-44(3,4)43(56)57)45(5,6)35(46)19-22-48(36,47)9/h13-16,27,30,33,35-36,38H,17-26,28-29H2,1-12H3,(H,56,57)/t33-,35+,36-,38+,46+,47-,48-,49+/m1/s1. The number of nitrogens with zero attached hydrogens (tertiary/aromatic N) is 3. The lowest BCUT2D eigenvalue weighted by Gasteiger charge is -2.72. The van der Waals surface area contributed by atoms with Crippen LogP contribution in [0.25, 0.3) is 5.69 Å². The highest BCUT2D eigenvalue weighted by molar-refractivity contribution is 6.01. The molecule has 1 aromatic heterocycles. The Balaban J connectivity index is 1.27. The summed E-state index contributed by atoms with van der Waals surface area (Å²) in [6.45, 7) is 21.1. The zero-order chi connectivity index (χ0) is 43.2. The molecule has 8 atom stereocenters. The summed E-state index contributed by atoms with van der Waals surface area (Å²) in [5, 5.41) is 9.68. The molecule has 10 nitrogen and oxygen atoms in total. The zero-order valence-electron chi connectivity index (χ0n) is 38.0. The molecular weight excluding hydrogens is 743 g/mol. The van der Waals surface area contributed by atoms with Gasteiger partial charge in [0.05, 0.1) is 36.9 Å². The van der Waals surface area contributed by atoms with Gasteiger partial charge >= 0.3 is 11.9 Å². The maximum Gasteiger partial charge on any atom is 0.309 e. The third-order valence-corrected chi connectivity index (χ3v) is 17.4. The summed E-state index contributed by atoms with van der Waals surface area (Å²) < 4.78 is 15.7. The molecule has 2 aromatic rings. The SMILES string of the molecule is COc1ccc(-n2c(=O)cc([C@@]34CC[C@]5(C)[C@H](CC[C@@H]6[C@@]7(C)CC[C@H](OC(=O)CC(C)(C)C(=O)O)C(C)(C)[C@@H]7CC[C@]65C)C3=C(C(C)C)C(=O)C4)n2CCN(C)C)cc1. The first-order valence-electron chi connectivity index (χ1n) is 22.3. The lowest BCUT2D eigenvalue weighted by atomic mass is 9.33. The number of esters is 1. The van der Waals surface area contributed by atoms with E-state index in [1.165, 1.54) is 5.57 Å². The number of methoxy groups -OCH3 is 1. The molecule has 0 amide bonds. The second kappa shape index (κ2) is 14.8. The summed E-state index contributed by atoms with van der Waals surface area (Å²) in [5.74, 6) is 0.645. The van der Waals surface area contributed by atoms with Gasteiger partial charge in [0, 0.05) is 29.9 Å². The number of aliphatic carboxylic acids is 1. The van der Waals surface area contributed by atoms with Gasteiger partial charge in [-0.1, -0.05) is 48.5 Å². The van der Waals surface area contributed by atoms with Crippen molar-refractivity contribution in [2.75, 3.05) is 27.7 Å². The second-order valence-corrected chi connectivity index (χ2v) is 21.8. The normalized spacial score (nSPS) is 34.0. The number of ketones is 1. The Morgan fingerprint density at radius 3 is 2.20 bits per heavy atom. The third-order valence-electron chi connectivity index (χ3n) is 17.4. The van der Waals surface area contributed by atoms with E-state index in [1.54, 1.807) is 21.0 Å². The Morgan fingerprint density at radius 2 is 1.59 bits per heavy atom. The lowest BCUT2D eigenvalue weighted by Crippen LogP contribution is -2.66. The van der Waals surface area contributed by atoms with E-state index in [0.29, 0.717) is 24.8 Å². The Bertz CT molecular complexity index is 2090. The molecule has 59 heavy (non-hydrogen) atoms. The van der Waals surface area contributed by atoms with Gasteiger partial charge in [0.2, 0.25) is 0 Å². The number of rotatable bonds is 11. The average molecular weight is 814 g/mol. The highest BCUT2D eigenvalue weighted by atomic mass is 16.5. The molecule has 4 saturated carbocycles. The predicted molar refractivity (Wildman–Crippen MR) is 230 cm³/mol. The molecule has 7 rings (SSSR count). The average Bonchev–Trinajstić information content (AvgIpc) is 3.65. The van der Waals surface area contributed by atoms with Crippen LogP contribution in [0.15, 0.2) is 46.3 Å². The van der Waals surface area contributed by atoms with Crippen LogP contribution < -0.4 is 10.3 Å². The number of carboxylic acid groups (broad SMARTS) is 1. The number of carbonyl (C=O) groups is 3. The van der Waals surface area contributed by atoms with Gasteiger partial charge in [-0.3, -0.25) is 23.9 Å². The molecule has 0 radical (unpaired) electrons. The quantitative estimate of drug-likeness (QED) is 0.224. The summed E-state index contributed by atoms with van der Waals surface area (Å²) in [6.07, 6.45) is 7.70. The van der Waals surface area contributed by atoms with Gasteiger partial charge < -0.3 is 19.5 Å². The summed E-state index contributed by atoms with van der Waals surface area (Å²) in [5.41, 5.74) is 2.00. The van der Waals surface area contributed by atoms with E-state index in [2.05, 4.69) is 72.1 Å². The van der Waals surface area contributed by atoms with Crippen molar-refractivity contribution < 1.29 is 29.0 Å². The summed E-state index contributed by atoms with van der Waals surface area (Å²) >= 11 is 0. The molecule has 0 bridgehead atoms. The first-order valence-corrected chi connectivity index (χ1v) is 22.3. The number of carbonyl (C=O) groups excluding carboxylic acids is 2. The van der Waals surface area contributed by atoms with Crippen LogP contribution >= 0.6 is 0 Å². The molecule has 5 aliphatic carbocycles. The first-order chi connectivity index (χ1) is 27.5. The smallest absolute Gasteiger partial charge is 0.309 e. The van der Waals surface area contributed by atoms with Crippen molar-refractivity contribution in [3.05, 3.63) is 57.5 Å². The largest absolute Gasteiger partial charge is 0.497 e. The van der Waals surface area contributed by atoms with Gasteiger partial charge in [0.25, 0.3) is 5.56 Å². The minimum absolute atomic E-state index is 0.0127. The summed E-state index contributed by atoms with van der Waals surface area (Å²) in [4.78, 5) is 56.1. The van der Waals surface area contributed by atoms with Crippen molar-refractivity contribution in [3.63, 3.8) is 0 Å². The van der Waals surface area contributed by atoms with E-state index >= 15 is 0 Å². The van der Waals surface area contributed by atoms with Gasteiger partial charge in [-0.2, -0.15) is 0 Å². The summed E-state index contributed by atoms with van der Waals surface area (Å²) in [6, 6.07) is 9.54. The summed E-state index contributed by atoms with van der Waals surface area (Å²) in [7, 11) is 5.76. The Hall–Kier alpha value is -3.66. The van der Waals surface area contributed by atoms with Crippen LogP contribution in [0.4, 0.5) is 0 Å². The molecule has 0 unspecified atom stereocenters. The van der Waals surface area contributed by atoms with Gasteiger partial charge in [-0.25, -0.2) is 4.68 Å². The molecule has 4 fully saturated rings. The molecule has 324 valence electrons. The number of benzene rings is 1. The fourth-order valence-electron chi connectivity index (χ4n) is 14.1. The van der Waals surface area contributed by atoms with Gasteiger partial charge in [-0.05, 0) is 155 Å². The second-order valence-electron chi connectivity index (χ2n) is 21.8. The van der Waals surface area contributed by atoms with E-state index in [9.17, 15) is 24.3 Å². The maximum atomic E-state index is 14.6. The predicted octanol–water partition coefficient (Wildman–Crippen LogP) is 8.85. The zero-order valence-corrected chi connectivity index (χ0v) is 38.0. The van der Waals surface area contributed by atoms with E-state index in [4.69, 9.17) is 9.47 Å². The lowest BCUT2D eigenvalue weighted by molar-refractivity contribution is -0.232. The highest BCUT2D eigenvalue weighted by Gasteiger charge is 2.70. The number of likely N-dealkylation sites (N-methyl/N-ethyl adjacent to an activating group) is 1. The minimum Gasteiger partial charge on any atom is -0.497 e. The topological polar surface area (TPSA) is 120 Å². The number of aromatic nitrogens is 2. The number of fused-ring (bicyclic) bond motifs is 7. The van der Waals surface area contributed by atoms with Gasteiger partial charge in [0.15, 0.2) is 5.78 Å². The fourth-order valence-corrected chi connectivity index (χ4v) is 14.1. The fraction of sp³-hybridized carbons (Fsp3) is 0.714. The molecule has 10 heteroatoms. The Kier molecular flexibility index (Phi) is 10.9. The third kappa shape index (κ3) is 6.59. The van der Waals surface area contributed by atoms with Crippen LogP contribution in [-0.2, 0) is 31.1 Å². The molecule has 0 aliphatic heterocycles. The molecule has 1 heterocycles. The molecular formula is C49H71N3O7. The number of hydrogen-bond acceptors (Lipinski definition) is 7. The van der Waals surface area contributed by atoms with Gasteiger partial charge in [-0.15, -0.1) is 0 Å². The van der Waals surface area contributed by atoms with Crippen molar-refractivity contribution >= 4 is 17.7 Å². The van der Waals surface area contributed by atoms with Crippen LogP contribution in [0.1, 0.15) is 132 Å². The van der Waals surface area contributed by atoms with Crippen LogP contribution in [0, 0.1) is 50.7 Å². The van der Waals surface area contributed by atoms with Crippen molar-refractivity contribution in [1.82, 2.24) is 14.3 Å². The van der Waals surface area contributed by atoms with Crippen LogP contribution in [0.5, 0.6) is 5.75 Å². The van der Waals surface area contributed by atoms with E-state index in [1.807, 2.05) is 35.0 Å². The highest BCUT2D eigenvalue weighted by Crippen LogP contribution is 2.77. The number of carboxylic acids is 1. The maximum absolute atomic E-state index is 14.6. The van der Waals surface area contributed by atoms with Crippen molar-refractivity contribution in [2.24, 2.45) is 50.7 Å². The Morgan fingerprint density at radius 1 is 0.915 bits per heavy atom. The van der Waals surface area contributed by atoms with E-state index in [0.717, 1.165) is 80.6 Å². The molecule has 0 saturated heterocycles. The van der Waals surface area contributed by atoms with E-state index < -0.39 is 22.8 Å². The van der Waals surface area contributed by atoms with Crippen LogP contribution in [0.2, 0.25) is 0 Å². The van der Waals surface area contributed by atoms with Crippen LogP contribution in [-0.4, -0.2) is 70.9 Å². The number of allylic oxidation sites excluding steroid dienone is 2. The van der Waals surface area contributed by atoms with Crippen molar-refractivity contribution in [1.29, 1.82) is 0 Å². The number of Topliss-reactive ketones (excluding diaryl/α,β-unsaturated/α-hetero) is 1. The van der Waals surface area contributed by atoms with Crippen LogP contribution in [0.3, 0.4) is 0 Å². The van der Waals surface area contributed by atoms with Crippen molar-refractivity contribution in [2.45, 2.75) is 145 Å². The molecule has 5 aliphatic rings. The van der Waals surface area contributed by atoms with Gasteiger partial charge in [0.1, 0.15) is 11.9 Å². The first kappa shape index (κ1) is 43.4. The minimum atomic E-state index is -1.18. The number of hydrogen-bond donors (Lipinski definition) is 1. The van der Waals surface area contributed by atoms with Crippen molar-refractivity contribution in [3.8, 4) is 11.4 Å². The molecule has 1 aromatic carbocycles.